The van der Waals surface area contributed by atoms with E-state index < -0.39 is 0 Å². The smallest absolute Gasteiger partial charge is 0.207 e. The molecule has 0 radical (unpaired) electrons. The van der Waals surface area contributed by atoms with E-state index in [1.54, 1.807) is 7.11 Å². The van der Waals surface area contributed by atoms with Gasteiger partial charge in [-0.1, -0.05) is 23.2 Å². The highest BCUT2D eigenvalue weighted by Crippen LogP contribution is 2.31. The Morgan fingerprint density at radius 1 is 1.29 bits per heavy atom. The van der Waals surface area contributed by atoms with E-state index >= 15 is 0 Å². The second kappa shape index (κ2) is 6.69. The molecule has 4 nitrogen and oxygen atoms in total. The molecule has 1 heterocycles. The monoisotopic (exact) mass is 327 g/mol. The number of aryl methyl sites for hydroxylation is 2. The van der Waals surface area contributed by atoms with Gasteiger partial charge in [0, 0.05) is 18.3 Å². The lowest BCUT2D eigenvalue weighted by Gasteiger charge is -2.17. The van der Waals surface area contributed by atoms with Crippen molar-refractivity contribution in [3.63, 3.8) is 0 Å². The maximum Gasteiger partial charge on any atom is 0.207 e. The molecule has 1 aromatic heterocycles. The molecule has 0 bridgehead atoms. The summed E-state index contributed by atoms with van der Waals surface area (Å²) < 4.78 is 7.24. The van der Waals surface area contributed by atoms with Crippen molar-refractivity contribution in [3.8, 4) is 0 Å². The number of nitrogens with one attached hydrogen (secondary N) is 1. The second-order valence-electron chi connectivity index (χ2n) is 5.12. The highest BCUT2D eigenvalue weighted by molar-refractivity contribution is 6.35. The highest BCUT2D eigenvalue weighted by atomic mass is 35.5. The summed E-state index contributed by atoms with van der Waals surface area (Å²) in [7, 11) is 1.68. The Labute approximate surface area is 135 Å². The summed E-state index contributed by atoms with van der Waals surface area (Å²) >= 11 is 12.4. The molecule has 1 aromatic carbocycles. The summed E-state index contributed by atoms with van der Waals surface area (Å²) in [5.41, 5.74) is 2.61. The molecule has 0 saturated carbocycles. The molecular formula is C15H19Cl2N3O. The molecule has 0 amide bonds. The lowest BCUT2D eigenvalue weighted by atomic mass is 10.2. The summed E-state index contributed by atoms with van der Waals surface area (Å²) in [5, 5.41) is 4.53. The van der Waals surface area contributed by atoms with Gasteiger partial charge in [0.25, 0.3) is 0 Å². The molecule has 1 unspecified atom stereocenters. The van der Waals surface area contributed by atoms with Crippen LogP contribution in [0.25, 0.3) is 0 Å². The maximum absolute atomic E-state index is 6.27. The Kier molecular flexibility index (Phi) is 5.14. The summed E-state index contributed by atoms with van der Waals surface area (Å²) in [4.78, 5) is 4.50. The highest BCUT2D eigenvalue weighted by Gasteiger charge is 2.14. The van der Waals surface area contributed by atoms with Gasteiger partial charge >= 0.3 is 0 Å². The van der Waals surface area contributed by atoms with E-state index in [1.807, 2.05) is 36.7 Å². The average molecular weight is 328 g/mol. The summed E-state index contributed by atoms with van der Waals surface area (Å²) in [5.74, 6) is 0.721. The number of aromatic nitrogens is 2. The van der Waals surface area contributed by atoms with Crippen LogP contribution in [0, 0.1) is 13.8 Å². The number of hydrogen-bond acceptors (Lipinski definition) is 3. The van der Waals surface area contributed by atoms with E-state index in [0.29, 0.717) is 16.7 Å². The zero-order chi connectivity index (χ0) is 15.6. The number of methoxy groups -OCH3 is 1. The Bertz CT molecular complexity index is 640. The van der Waals surface area contributed by atoms with E-state index in [4.69, 9.17) is 27.9 Å². The summed E-state index contributed by atoms with van der Waals surface area (Å²) in [6, 6.07) is 3.82. The SMILES string of the molecule is COCC(C)n1cc(C)nc1Nc1cc(Cl)c(C)cc1Cl. The molecule has 2 rings (SSSR count). The van der Waals surface area contributed by atoms with Crippen molar-refractivity contribution in [1.29, 1.82) is 0 Å². The van der Waals surface area contributed by atoms with E-state index in [1.165, 1.54) is 0 Å². The van der Waals surface area contributed by atoms with Gasteiger partial charge in [0.15, 0.2) is 0 Å². The van der Waals surface area contributed by atoms with Crippen molar-refractivity contribution in [2.45, 2.75) is 26.8 Å². The quantitative estimate of drug-likeness (QED) is 0.860. The number of rotatable bonds is 5. The van der Waals surface area contributed by atoms with Crippen LogP contribution in [-0.4, -0.2) is 23.3 Å². The van der Waals surface area contributed by atoms with Gasteiger partial charge in [-0.2, -0.15) is 0 Å². The van der Waals surface area contributed by atoms with Gasteiger partial charge < -0.3 is 14.6 Å². The first kappa shape index (κ1) is 16.1. The molecule has 0 spiro atoms. The standard InChI is InChI=1S/C15H19Cl2N3O/c1-9-5-13(17)14(6-12(9)16)19-15-18-10(2)7-20(15)11(3)8-21-4/h5-7,11H,8H2,1-4H3,(H,18,19). The van der Waals surface area contributed by atoms with Crippen LogP contribution in [0.1, 0.15) is 24.2 Å². The van der Waals surface area contributed by atoms with Gasteiger partial charge in [0.1, 0.15) is 0 Å². The number of anilines is 2. The van der Waals surface area contributed by atoms with Crippen LogP contribution >= 0.6 is 23.2 Å². The zero-order valence-electron chi connectivity index (χ0n) is 12.6. The predicted octanol–water partition coefficient (Wildman–Crippen LogP) is 4.76. The molecule has 0 aliphatic rings. The predicted molar refractivity (Wildman–Crippen MR) is 88.0 cm³/mol. The molecule has 0 saturated heterocycles. The number of imidazole rings is 1. The van der Waals surface area contributed by atoms with Crippen molar-refractivity contribution >= 4 is 34.8 Å². The first-order valence-corrected chi connectivity index (χ1v) is 7.45. The molecule has 1 atom stereocenters. The third-order valence-corrected chi connectivity index (χ3v) is 3.95. The molecule has 1 N–H and O–H groups in total. The molecule has 21 heavy (non-hydrogen) atoms. The van der Waals surface area contributed by atoms with Crippen molar-refractivity contribution in [2.75, 3.05) is 19.0 Å². The van der Waals surface area contributed by atoms with Crippen molar-refractivity contribution in [1.82, 2.24) is 9.55 Å². The molecule has 114 valence electrons. The molecular weight excluding hydrogens is 309 g/mol. The van der Waals surface area contributed by atoms with Crippen molar-refractivity contribution in [3.05, 3.63) is 39.6 Å². The van der Waals surface area contributed by atoms with Crippen LogP contribution in [0.3, 0.4) is 0 Å². The van der Waals surface area contributed by atoms with Crippen molar-refractivity contribution in [2.24, 2.45) is 0 Å². The lowest BCUT2D eigenvalue weighted by molar-refractivity contribution is 0.163. The van der Waals surface area contributed by atoms with E-state index in [-0.39, 0.29) is 6.04 Å². The summed E-state index contributed by atoms with van der Waals surface area (Å²) in [6.45, 7) is 6.54. The Balaban J connectivity index is 2.34. The number of ether oxygens (including phenoxy) is 1. The van der Waals surface area contributed by atoms with Crippen molar-refractivity contribution < 1.29 is 4.74 Å². The van der Waals surface area contributed by atoms with Gasteiger partial charge in [0.05, 0.1) is 29.1 Å². The number of hydrogen-bond donors (Lipinski definition) is 1. The van der Waals surface area contributed by atoms with Gasteiger partial charge in [0.2, 0.25) is 5.95 Å². The minimum Gasteiger partial charge on any atom is -0.383 e. The van der Waals surface area contributed by atoms with Crippen LogP contribution in [0.15, 0.2) is 18.3 Å². The minimum absolute atomic E-state index is 0.165. The largest absolute Gasteiger partial charge is 0.383 e. The number of halogens is 2. The van der Waals surface area contributed by atoms with Crippen LogP contribution in [0.4, 0.5) is 11.6 Å². The van der Waals surface area contributed by atoms with Crippen LogP contribution in [0.5, 0.6) is 0 Å². The van der Waals surface area contributed by atoms with Gasteiger partial charge in [-0.15, -0.1) is 0 Å². The molecule has 0 aliphatic carbocycles. The van der Waals surface area contributed by atoms with E-state index in [9.17, 15) is 0 Å². The Hall–Kier alpha value is -1.23. The second-order valence-corrected chi connectivity index (χ2v) is 5.94. The van der Waals surface area contributed by atoms with Crippen LogP contribution in [-0.2, 0) is 4.74 Å². The topological polar surface area (TPSA) is 39.1 Å². The fraction of sp³-hybridized carbons (Fsp3) is 0.400. The van der Waals surface area contributed by atoms with E-state index in [2.05, 4.69) is 17.2 Å². The summed E-state index contributed by atoms with van der Waals surface area (Å²) in [6.07, 6.45) is 1.98. The third-order valence-electron chi connectivity index (χ3n) is 3.23. The first-order chi connectivity index (χ1) is 9.92. The van der Waals surface area contributed by atoms with Crippen LogP contribution in [0.2, 0.25) is 10.0 Å². The molecule has 2 aromatic rings. The lowest BCUT2D eigenvalue weighted by Crippen LogP contribution is -2.13. The van der Waals surface area contributed by atoms with Gasteiger partial charge in [-0.05, 0) is 38.5 Å². The fourth-order valence-electron chi connectivity index (χ4n) is 2.13. The maximum atomic E-state index is 6.27. The normalized spacial score (nSPS) is 12.5. The third kappa shape index (κ3) is 3.70. The van der Waals surface area contributed by atoms with E-state index in [0.717, 1.165) is 22.9 Å². The molecule has 0 aliphatic heterocycles. The number of benzene rings is 1. The molecule has 6 heteroatoms. The Morgan fingerprint density at radius 2 is 2.00 bits per heavy atom. The number of nitrogens with zero attached hydrogens (tertiary/aromatic N) is 2. The first-order valence-electron chi connectivity index (χ1n) is 6.69. The fourth-order valence-corrected chi connectivity index (χ4v) is 2.56. The average Bonchev–Trinajstić information content (AvgIpc) is 2.77. The van der Waals surface area contributed by atoms with Crippen LogP contribution < -0.4 is 5.32 Å². The molecule has 0 fully saturated rings. The zero-order valence-corrected chi connectivity index (χ0v) is 14.1. The Morgan fingerprint density at radius 3 is 2.67 bits per heavy atom. The van der Waals surface area contributed by atoms with Gasteiger partial charge in [-0.25, -0.2) is 4.98 Å². The minimum atomic E-state index is 0.165. The van der Waals surface area contributed by atoms with Gasteiger partial charge in [-0.3, -0.25) is 0 Å².